The van der Waals surface area contributed by atoms with Gasteiger partial charge in [-0.2, -0.15) is 0 Å². The smallest absolute Gasteiger partial charge is 0.224 e. The summed E-state index contributed by atoms with van der Waals surface area (Å²) in [5.74, 6) is -0.538. The molecule has 0 atom stereocenters. The van der Waals surface area contributed by atoms with Gasteiger partial charge in [0.2, 0.25) is 17.4 Å². The number of ether oxygens (including phenoxy) is 2. The standard InChI is InChI=1S/C25H43NO5/c1-5-6-7-8-9-10-11-12-13-14-15-16-17-18-20(27)26-21-19(2)22(28)24(30-3)25(31-4)23(21)29/h28-29H,5-18H2,1-4H3,(H,26,27). The highest BCUT2D eigenvalue weighted by atomic mass is 16.5. The lowest BCUT2D eigenvalue weighted by molar-refractivity contribution is -0.116. The number of nitrogens with one attached hydrogen (secondary N) is 1. The molecule has 1 aromatic carbocycles. The van der Waals surface area contributed by atoms with Crippen LogP contribution in [0, 0.1) is 6.92 Å². The summed E-state index contributed by atoms with van der Waals surface area (Å²) in [6.07, 6.45) is 16.7. The molecule has 0 unspecified atom stereocenters. The summed E-state index contributed by atoms with van der Waals surface area (Å²) in [4.78, 5) is 12.3. The summed E-state index contributed by atoms with van der Waals surface area (Å²) >= 11 is 0. The van der Waals surface area contributed by atoms with Crippen molar-refractivity contribution in [3.8, 4) is 23.0 Å². The lowest BCUT2D eigenvalue weighted by atomic mass is 10.0. The van der Waals surface area contributed by atoms with E-state index in [1.54, 1.807) is 6.92 Å². The first-order valence-electron chi connectivity index (χ1n) is 11.9. The average Bonchev–Trinajstić information content (AvgIpc) is 2.76. The molecule has 0 spiro atoms. The first-order valence-corrected chi connectivity index (χ1v) is 11.9. The average molecular weight is 438 g/mol. The second kappa shape index (κ2) is 15.7. The minimum atomic E-state index is -0.242. The van der Waals surface area contributed by atoms with Crippen LogP contribution in [0.3, 0.4) is 0 Å². The molecule has 0 saturated heterocycles. The number of unbranched alkanes of at least 4 members (excludes halogenated alkanes) is 12. The number of phenolic OH excluding ortho intramolecular Hbond substituents is 2. The van der Waals surface area contributed by atoms with Gasteiger partial charge in [0.25, 0.3) is 0 Å². The van der Waals surface area contributed by atoms with Gasteiger partial charge in [-0.25, -0.2) is 0 Å². The quantitative estimate of drug-likeness (QED) is 0.141. The predicted octanol–water partition coefficient (Wildman–Crippen LogP) is 6.84. The molecule has 0 aliphatic heterocycles. The minimum absolute atomic E-state index is 0.00172. The molecule has 6 nitrogen and oxygen atoms in total. The third-order valence-electron chi connectivity index (χ3n) is 5.78. The van der Waals surface area contributed by atoms with E-state index in [9.17, 15) is 15.0 Å². The van der Waals surface area contributed by atoms with Crippen LogP contribution in [0.4, 0.5) is 5.69 Å². The highest BCUT2D eigenvalue weighted by Crippen LogP contribution is 2.50. The third-order valence-corrected chi connectivity index (χ3v) is 5.78. The number of rotatable bonds is 17. The molecular formula is C25H43NO5. The van der Waals surface area contributed by atoms with E-state index < -0.39 is 0 Å². The number of carbonyl (C=O) groups is 1. The molecule has 1 amide bonds. The maximum atomic E-state index is 12.3. The van der Waals surface area contributed by atoms with Gasteiger partial charge in [0.05, 0.1) is 19.9 Å². The Hall–Kier alpha value is -2.11. The molecule has 0 aliphatic rings. The van der Waals surface area contributed by atoms with Crippen LogP contribution in [-0.4, -0.2) is 30.3 Å². The first kappa shape index (κ1) is 26.9. The van der Waals surface area contributed by atoms with E-state index in [1.807, 2.05) is 0 Å². The Balaban J connectivity index is 2.24. The van der Waals surface area contributed by atoms with Crippen LogP contribution in [0.15, 0.2) is 0 Å². The maximum Gasteiger partial charge on any atom is 0.224 e. The predicted molar refractivity (Wildman–Crippen MR) is 127 cm³/mol. The van der Waals surface area contributed by atoms with E-state index >= 15 is 0 Å². The molecule has 0 fully saturated rings. The highest BCUT2D eigenvalue weighted by molar-refractivity contribution is 5.95. The second-order valence-corrected chi connectivity index (χ2v) is 8.30. The molecule has 1 aromatic rings. The van der Waals surface area contributed by atoms with Gasteiger partial charge >= 0.3 is 0 Å². The summed E-state index contributed by atoms with van der Waals surface area (Å²) in [5, 5.41) is 23.4. The summed E-state index contributed by atoms with van der Waals surface area (Å²) in [6.45, 7) is 3.86. The van der Waals surface area contributed by atoms with Gasteiger partial charge in [0, 0.05) is 12.0 Å². The molecule has 178 valence electrons. The highest BCUT2D eigenvalue weighted by Gasteiger charge is 2.24. The Bertz CT molecular complexity index is 660. The van der Waals surface area contributed by atoms with Crippen molar-refractivity contribution in [1.29, 1.82) is 0 Å². The molecule has 0 bridgehead atoms. The van der Waals surface area contributed by atoms with E-state index in [0.29, 0.717) is 12.0 Å². The summed E-state index contributed by atoms with van der Waals surface area (Å²) in [6, 6.07) is 0. The zero-order chi connectivity index (χ0) is 23.1. The van der Waals surface area contributed by atoms with Crippen molar-refractivity contribution < 1.29 is 24.5 Å². The van der Waals surface area contributed by atoms with Crippen LogP contribution in [0.1, 0.15) is 102 Å². The molecule has 0 aliphatic carbocycles. The Labute approximate surface area is 188 Å². The number of carbonyl (C=O) groups excluding carboxylic acids is 1. The topological polar surface area (TPSA) is 88.0 Å². The van der Waals surface area contributed by atoms with Crippen LogP contribution in [0.2, 0.25) is 0 Å². The van der Waals surface area contributed by atoms with Gasteiger partial charge in [-0.3, -0.25) is 4.79 Å². The summed E-state index contributed by atoms with van der Waals surface area (Å²) in [7, 11) is 2.74. The molecule has 0 saturated carbocycles. The van der Waals surface area contributed by atoms with E-state index in [2.05, 4.69) is 12.2 Å². The lowest BCUT2D eigenvalue weighted by Gasteiger charge is -2.18. The van der Waals surface area contributed by atoms with Crippen LogP contribution >= 0.6 is 0 Å². The molecule has 6 heteroatoms. The van der Waals surface area contributed by atoms with Gasteiger partial charge in [-0.15, -0.1) is 0 Å². The monoisotopic (exact) mass is 437 g/mol. The van der Waals surface area contributed by atoms with Crippen LogP contribution < -0.4 is 14.8 Å². The number of hydrogen-bond acceptors (Lipinski definition) is 5. The molecule has 3 N–H and O–H groups in total. The molecule has 0 heterocycles. The fraction of sp³-hybridized carbons (Fsp3) is 0.720. The zero-order valence-corrected chi connectivity index (χ0v) is 20.0. The van der Waals surface area contributed by atoms with Crippen molar-refractivity contribution in [1.82, 2.24) is 0 Å². The SMILES string of the molecule is CCCCCCCCCCCCCCCC(=O)Nc1c(C)c(O)c(OC)c(OC)c1O. The van der Waals surface area contributed by atoms with E-state index in [0.717, 1.165) is 19.3 Å². The number of aromatic hydroxyl groups is 2. The van der Waals surface area contributed by atoms with Crippen LogP contribution in [-0.2, 0) is 4.79 Å². The molecule has 31 heavy (non-hydrogen) atoms. The number of amides is 1. The Kier molecular flexibility index (Phi) is 13.6. The van der Waals surface area contributed by atoms with Crippen LogP contribution in [0.25, 0.3) is 0 Å². The number of anilines is 1. The van der Waals surface area contributed by atoms with Gasteiger partial charge in [0.1, 0.15) is 0 Å². The van der Waals surface area contributed by atoms with Gasteiger partial charge in [-0.1, -0.05) is 84.0 Å². The fourth-order valence-electron chi connectivity index (χ4n) is 3.83. The molecule has 0 aromatic heterocycles. The minimum Gasteiger partial charge on any atom is -0.504 e. The van der Waals surface area contributed by atoms with Gasteiger partial charge < -0.3 is 25.0 Å². The summed E-state index contributed by atoms with van der Waals surface area (Å²) in [5.41, 5.74) is 0.503. The normalized spacial score (nSPS) is 10.8. The van der Waals surface area contributed by atoms with Crippen LogP contribution in [0.5, 0.6) is 23.0 Å². The third kappa shape index (κ3) is 9.28. The second-order valence-electron chi connectivity index (χ2n) is 8.30. The maximum absolute atomic E-state index is 12.3. The van der Waals surface area contributed by atoms with Crippen molar-refractivity contribution in [3.63, 3.8) is 0 Å². The zero-order valence-electron chi connectivity index (χ0n) is 20.0. The molecule has 0 radical (unpaired) electrons. The molecule has 1 rings (SSSR count). The fourth-order valence-corrected chi connectivity index (χ4v) is 3.83. The largest absolute Gasteiger partial charge is 0.504 e. The molecular weight excluding hydrogens is 394 g/mol. The van der Waals surface area contributed by atoms with Crippen molar-refractivity contribution in [2.45, 2.75) is 104 Å². The van der Waals surface area contributed by atoms with E-state index in [1.165, 1.54) is 78.4 Å². The van der Waals surface area contributed by atoms with Crippen molar-refractivity contribution in [2.24, 2.45) is 0 Å². The van der Waals surface area contributed by atoms with E-state index in [-0.39, 0.29) is 34.6 Å². The Morgan fingerprint density at radius 1 is 0.742 bits per heavy atom. The first-order chi connectivity index (χ1) is 15.0. The Morgan fingerprint density at radius 3 is 1.61 bits per heavy atom. The van der Waals surface area contributed by atoms with Gasteiger partial charge in [-0.05, 0) is 13.3 Å². The Morgan fingerprint density at radius 2 is 1.16 bits per heavy atom. The number of hydrogen-bond donors (Lipinski definition) is 3. The lowest BCUT2D eigenvalue weighted by Crippen LogP contribution is -2.13. The summed E-state index contributed by atoms with van der Waals surface area (Å²) < 4.78 is 10.2. The van der Waals surface area contributed by atoms with Crippen molar-refractivity contribution in [3.05, 3.63) is 5.56 Å². The van der Waals surface area contributed by atoms with Gasteiger partial charge in [0.15, 0.2) is 11.5 Å². The number of phenols is 2. The van der Waals surface area contributed by atoms with Crippen molar-refractivity contribution in [2.75, 3.05) is 19.5 Å². The number of benzene rings is 1. The number of methoxy groups -OCH3 is 2. The van der Waals surface area contributed by atoms with Crippen molar-refractivity contribution >= 4 is 11.6 Å². The van der Waals surface area contributed by atoms with E-state index in [4.69, 9.17) is 9.47 Å².